The number of methoxy groups -OCH3 is 1. The molecule has 3 aromatic rings. The zero-order valence-corrected chi connectivity index (χ0v) is 13.9. The first-order valence-corrected chi connectivity index (χ1v) is 7.86. The van der Waals surface area contributed by atoms with E-state index in [0.717, 1.165) is 22.6 Å². The number of nitrogens with zero attached hydrogens (tertiary/aromatic N) is 2. The van der Waals surface area contributed by atoms with Crippen LogP contribution in [0.5, 0.6) is 11.6 Å². The van der Waals surface area contributed by atoms with Gasteiger partial charge in [-0.1, -0.05) is 30.3 Å². The van der Waals surface area contributed by atoms with E-state index in [4.69, 9.17) is 15.2 Å². The molecule has 0 saturated carbocycles. The Balaban J connectivity index is 1.64. The van der Waals surface area contributed by atoms with Crippen molar-refractivity contribution in [1.82, 2.24) is 4.98 Å². The molecule has 2 aromatic carbocycles. The lowest BCUT2D eigenvalue weighted by Gasteiger charge is -2.07. The number of hydrogen-bond donors (Lipinski definition) is 1. The van der Waals surface area contributed by atoms with E-state index in [0.29, 0.717) is 18.3 Å². The molecule has 25 heavy (non-hydrogen) atoms. The number of hydrogen-bond acceptors (Lipinski definition) is 4. The Morgan fingerprint density at radius 2 is 1.76 bits per heavy atom. The molecule has 2 N–H and O–H groups in total. The summed E-state index contributed by atoms with van der Waals surface area (Å²) in [5, 5.41) is 0. The molecule has 0 aliphatic heterocycles. The lowest BCUT2D eigenvalue weighted by molar-refractivity contribution is 0.306. The van der Waals surface area contributed by atoms with Gasteiger partial charge in [0.2, 0.25) is 5.88 Å². The molecule has 0 unspecified atom stereocenters. The normalized spacial score (nSPS) is 11.2. The van der Waals surface area contributed by atoms with E-state index in [9.17, 15) is 0 Å². The standard InChI is InChI=1S/C20H19N3O2/c1-24-19-12-7-16(13-22-19)20(21)23-17-8-10-18(11-9-17)25-14-15-5-3-2-4-6-15/h2-13H,14H2,1H3,(H2,21,23). The van der Waals surface area contributed by atoms with Gasteiger partial charge in [0.1, 0.15) is 18.2 Å². The topological polar surface area (TPSA) is 69.7 Å². The number of aliphatic imine (C=N–C) groups is 1. The second kappa shape index (κ2) is 7.97. The fourth-order valence-electron chi connectivity index (χ4n) is 2.21. The Kier molecular flexibility index (Phi) is 5.26. The minimum atomic E-state index is 0.396. The van der Waals surface area contributed by atoms with E-state index >= 15 is 0 Å². The van der Waals surface area contributed by atoms with Gasteiger partial charge < -0.3 is 15.2 Å². The quantitative estimate of drug-likeness (QED) is 0.551. The smallest absolute Gasteiger partial charge is 0.212 e. The van der Waals surface area contributed by atoms with Crippen LogP contribution >= 0.6 is 0 Å². The molecular weight excluding hydrogens is 314 g/mol. The van der Waals surface area contributed by atoms with E-state index < -0.39 is 0 Å². The van der Waals surface area contributed by atoms with E-state index in [1.165, 1.54) is 0 Å². The van der Waals surface area contributed by atoms with Crippen LogP contribution in [0.25, 0.3) is 0 Å². The van der Waals surface area contributed by atoms with Crippen molar-refractivity contribution in [2.75, 3.05) is 7.11 Å². The van der Waals surface area contributed by atoms with Crippen molar-refractivity contribution in [1.29, 1.82) is 0 Å². The summed E-state index contributed by atoms with van der Waals surface area (Å²) in [6.45, 7) is 0.531. The summed E-state index contributed by atoms with van der Waals surface area (Å²) in [7, 11) is 1.57. The molecule has 0 saturated heterocycles. The molecule has 3 rings (SSSR count). The molecule has 5 heteroatoms. The second-order valence-corrected chi connectivity index (χ2v) is 5.35. The van der Waals surface area contributed by atoms with Crippen LogP contribution in [-0.4, -0.2) is 17.9 Å². The summed E-state index contributed by atoms with van der Waals surface area (Å²) >= 11 is 0. The van der Waals surface area contributed by atoms with Gasteiger partial charge in [0, 0.05) is 17.8 Å². The number of benzene rings is 2. The van der Waals surface area contributed by atoms with Crippen LogP contribution in [0.1, 0.15) is 11.1 Å². The van der Waals surface area contributed by atoms with E-state index in [1.54, 1.807) is 19.4 Å². The van der Waals surface area contributed by atoms with E-state index in [2.05, 4.69) is 9.98 Å². The summed E-state index contributed by atoms with van der Waals surface area (Å²) in [6, 6.07) is 21.1. The van der Waals surface area contributed by atoms with E-state index in [1.807, 2.05) is 60.7 Å². The van der Waals surface area contributed by atoms with Crippen molar-refractivity contribution >= 4 is 11.5 Å². The van der Waals surface area contributed by atoms with Crippen LogP contribution in [0.4, 0.5) is 5.69 Å². The third-order valence-corrected chi connectivity index (χ3v) is 3.58. The Hall–Kier alpha value is -3.34. The van der Waals surface area contributed by atoms with Gasteiger partial charge in [-0.15, -0.1) is 0 Å². The van der Waals surface area contributed by atoms with Crippen molar-refractivity contribution in [3.05, 3.63) is 84.1 Å². The maximum absolute atomic E-state index is 6.03. The third kappa shape index (κ3) is 4.57. The molecule has 0 aliphatic rings. The SMILES string of the molecule is COc1ccc(C(N)=Nc2ccc(OCc3ccccc3)cc2)cn1. The fourth-order valence-corrected chi connectivity index (χ4v) is 2.21. The van der Waals surface area contributed by atoms with Gasteiger partial charge in [0.15, 0.2) is 0 Å². The largest absolute Gasteiger partial charge is 0.489 e. The van der Waals surface area contributed by atoms with Crippen LogP contribution in [0.15, 0.2) is 77.9 Å². The maximum atomic E-state index is 6.03. The van der Waals surface area contributed by atoms with Gasteiger partial charge in [0.05, 0.1) is 12.8 Å². The van der Waals surface area contributed by atoms with Crippen molar-refractivity contribution in [2.24, 2.45) is 10.7 Å². The van der Waals surface area contributed by atoms with Gasteiger partial charge in [-0.25, -0.2) is 9.98 Å². The average molecular weight is 333 g/mol. The molecular formula is C20H19N3O2. The summed E-state index contributed by atoms with van der Waals surface area (Å²) < 4.78 is 10.8. The molecule has 0 fully saturated rings. The first-order valence-electron chi connectivity index (χ1n) is 7.86. The zero-order valence-electron chi connectivity index (χ0n) is 13.9. The number of pyridine rings is 1. The molecule has 0 radical (unpaired) electrons. The van der Waals surface area contributed by atoms with Gasteiger partial charge in [-0.3, -0.25) is 0 Å². The summed E-state index contributed by atoms with van der Waals surface area (Å²) in [5.74, 6) is 1.72. The minimum absolute atomic E-state index is 0.396. The lowest BCUT2D eigenvalue weighted by Crippen LogP contribution is -2.13. The summed E-state index contributed by atoms with van der Waals surface area (Å²) in [6.07, 6.45) is 1.63. The summed E-state index contributed by atoms with van der Waals surface area (Å²) in [4.78, 5) is 8.53. The Bertz CT molecular complexity index is 829. The Labute approximate surface area is 146 Å². The Morgan fingerprint density at radius 1 is 1.00 bits per heavy atom. The summed E-state index contributed by atoms with van der Waals surface area (Å²) in [5.41, 5.74) is 8.65. The second-order valence-electron chi connectivity index (χ2n) is 5.35. The van der Waals surface area contributed by atoms with Gasteiger partial charge in [-0.05, 0) is 35.9 Å². The highest BCUT2D eigenvalue weighted by molar-refractivity contribution is 5.98. The number of rotatable bonds is 6. The van der Waals surface area contributed by atoms with Gasteiger partial charge in [0.25, 0.3) is 0 Å². The van der Waals surface area contributed by atoms with Crippen molar-refractivity contribution in [3.8, 4) is 11.6 Å². The predicted molar refractivity (Wildman–Crippen MR) is 98.4 cm³/mol. The zero-order chi connectivity index (χ0) is 17.5. The van der Waals surface area contributed by atoms with E-state index in [-0.39, 0.29) is 0 Å². The first-order chi connectivity index (χ1) is 12.2. The van der Waals surface area contributed by atoms with Crippen molar-refractivity contribution in [2.45, 2.75) is 6.61 Å². The molecule has 5 nitrogen and oxygen atoms in total. The third-order valence-electron chi connectivity index (χ3n) is 3.58. The van der Waals surface area contributed by atoms with Crippen LogP contribution < -0.4 is 15.2 Å². The van der Waals surface area contributed by atoms with Crippen LogP contribution in [-0.2, 0) is 6.61 Å². The number of aromatic nitrogens is 1. The highest BCUT2D eigenvalue weighted by Crippen LogP contribution is 2.20. The average Bonchev–Trinajstić information content (AvgIpc) is 2.68. The fraction of sp³-hybridized carbons (Fsp3) is 0.100. The van der Waals surface area contributed by atoms with Crippen molar-refractivity contribution < 1.29 is 9.47 Å². The molecule has 0 bridgehead atoms. The van der Waals surface area contributed by atoms with Crippen LogP contribution in [0, 0.1) is 0 Å². The highest BCUT2D eigenvalue weighted by atomic mass is 16.5. The molecule has 0 atom stereocenters. The van der Waals surface area contributed by atoms with Gasteiger partial charge >= 0.3 is 0 Å². The monoisotopic (exact) mass is 333 g/mol. The molecule has 0 aliphatic carbocycles. The predicted octanol–water partition coefficient (Wildman–Crippen LogP) is 3.71. The number of nitrogens with two attached hydrogens (primary N) is 1. The maximum Gasteiger partial charge on any atom is 0.212 e. The first kappa shape index (κ1) is 16.5. The molecule has 1 aromatic heterocycles. The minimum Gasteiger partial charge on any atom is -0.489 e. The number of ether oxygens (including phenoxy) is 2. The molecule has 0 amide bonds. The van der Waals surface area contributed by atoms with Crippen LogP contribution in [0.2, 0.25) is 0 Å². The van der Waals surface area contributed by atoms with Crippen molar-refractivity contribution in [3.63, 3.8) is 0 Å². The molecule has 1 heterocycles. The van der Waals surface area contributed by atoms with Gasteiger partial charge in [-0.2, -0.15) is 0 Å². The number of amidine groups is 1. The Morgan fingerprint density at radius 3 is 2.40 bits per heavy atom. The highest BCUT2D eigenvalue weighted by Gasteiger charge is 2.02. The lowest BCUT2D eigenvalue weighted by atomic mass is 10.2. The van der Waals surface area contributed by atoms with Crippen LogP contribution in [0.3, 0.4) is 0 Å². The molecule has 126 valence electrons. The molecule has 0 spiro atoms.